The van der Waals surface area contributed by atoms with E-state index in [4.69, 9.17) is 5.11 Å². The van der Waals surface area contributed by atoms with Gasteiger partial charge in [-0.3, -0.25) is 4.98 Å². The Bertz CT molecular complexity index is 570. The molecule has 18 heavy (non-hydrogen) atoms. The maximum atomic E-state index is 11.4. The van der Waals surface area contributed by atoms with Crippen molar-refractivity contribution in [2.24, 2.45) is 0 Å². The van der Waals surface area contributed by atoms with Crippen LogP contribution >= 0.6 is 0 Å². The molecule has 1 fully saturated rings. The van der Waals surface area contributed by atoms with E-state index in [-0.39, 0.29) is 23.1 Å². The fraction of sp³-hybridized carbons (Fsp3) is 0.455. The summed E-state index contributed by atoms with van der Waals surface area (Å²) in [6, 6.07) is 1.23. The molecular formula is C11H14N2O4S. The number of carboxylic acids is 1. The standard InChI is InChI=1S/C11H14N2O4S/c1-13(8-3-5-18(16,17)7-8)10-6-12-4-2-9(10)11(14)15/h2,4,6,8H,3,5,7H2,1H3,(H,14,15). The van der Waals surface area contributed by atoms with Gasteiger partial charge in [-0.25, -0.2) is 13.2 Å². The molecule has 6 nitrogen and oxygen atoms in total. The number of pyridine rings is 1. The van der Waals surface area contributed by atoms with Gasteiger partial charge in [0.05, 0.1) is 29.0 Å². The fourth-order valence-electron chi connectivity index (χ4n) is 2.13. The average molecular weight is 270 g/mol. The molecule has 0 aromatic carbocycles. The molecule has 1 aromatic rings. The van der Waals surface area contributed by atoms with E-state index in [2.05, 4.69) is 4.98 Å². The molecule has 1 saturated heterocycles. The van der Waals surface area contributed by atoms with Gasteiger partial charge in [-0.15, -0.1) is 0 Å². The van der Waals surface area contributed by atoms with Crippen LogP contribution in [0.5, 0.6) is 0 Å². The van der Waals surface area contributed by atoms with E-state index in [0.717, 1.165) is 0 Å². The van der Waals surface area contributed by atoms with E-state index in [1.165, 1.54) is 18.5 Å². The highest BCUT2D eigenvalue weighted by molar-refractivity contribution is 7.91. The third-order valence-corrected chi connectivity index (χ3v) is 4.92. The number of hydrogen-bond donors (Lipinski definition) is 1. The van der Waals surface area contributed by atoms with Crippen molar-refractivity contribution in [3.8, 4) is 0 Å². The van der Waals surface area contributed by atoms with Crippen molar-refractivity contribution in [2.75, 3.05) is 23.5 Å². The van der Waals surface area contributed by atoms with Crippen LogP contribution in [0.3, 0.4) is 0 Å². The van der Waals surface area contributed by atoms with Gasteiger partial charge in [-0.2, -0.15) is 0 Å². The van der Waals surface area contributed by atoms with E-state index in [9.17, 15) is 13.2 Å². The lowest BCUT2D eigenvalue weighted by molar-refractivity contribution is 0.0697. The molecule has 0 radical (unpaired) electrons. The Hall–Kier alpha value is -1.63. The van der Waals surface area contributed by atoms with Gasteiger partial charge in [0.15, 0.2) is 9.84 Å². The quantitative estimate of drug-likeness (QED) is 0.855. The lowest BCUT2D eigenvalue weighted by atomic mass is 10.1. The zero-order valence-corrected chi connectivity index (χ0v) is 10.7. The highest BCUT2D eigenvalue weighted by Crippen LogP contribution is 2.25. The number of carboxylic acid groups (broad SMARTS) is 1. The van der Waals surface area contributed by atoms with Crippen LogP contribution in [0.4, 0.5) is 5.69 Å². The molecule has 1 atom stereocenters. The summed E-state index contributed by atoms with van der Waals surface area (Å²) in [5.41, 5.74) is 0.587. The molecule has 1 N–H and O–H groups in total. The van der Waals surface area contributed by atoms with Gasteiger partial charge in [0, 0.05) is 19.3 Å². The second kappa shape index (κ2) is 4.56. The number of sulfone groups is 1. The van der Waals surface area contributed by atoms with Gasteiger partial charge in [-0.1, -0.05) is 0 Å². The maximum absolute atomic E-state index is 11.4. The van der Waals surface area contributed by atoms with E-state index in [1.807, 2.05) is 0 Å². The Kier molecular flexibility index (Phi) is 3.25. The minimum atomic E-state index is -2.99. The zero-order chi connectivity index (χ0) is 13.3. The van der Waals surface area contributed by atoms with Crippen molar-refractivity contribution >= 4 is 21.5 Å². The third kappa shape index (κ3) is 2.45. The van der Waals surface area contributed by atoms with Crippen molar-refractivity contribution in [3.05, 3.63) is 24.0 Å². The minimum Gasteiger partial charge on any atom is -0.478 e. The van der Waals surface area contributed by atoms with Crippen LogP contribution in [0.1, 0.15) is 16.8 Å². The number of hydrogen-bond acceptors (Lipinski definition) is 5. The Morgan fingerprint density at radius 2 is 2.28 bits per heavy atom. The van der Waals surface area contributed by atoms with E-state index >= 15 is 0 Å². The summed E-state index contributed by atoms with van der Waals surface area (Å²) in [5, 5.41) is 9.09. The number of aromatic nitrogens is 1. The first-order valence-electron chi connectivity index (χ1n) is 5.51. The van der Waals surface area contributed by atoms with Crippen LogP contribution in [-0.2, 0) is 9.84 Å². The molecule has 0 aliphatic carbocycles. The molecule has 1 aliphatic heterocycles. The number of carbonyl (C=O) groups is 1. The van der Waals surface area contributed by atoms with Crippen LogP contribution in [-0.4, -0.2) is 49.1 Å². The molecule has 1 unspecified atom stereocenters. The van der Waals surface area contributed by atoms with Crippen molar-refractivity contribution in [1.82, 2.24) is 4.98 Å². The molecule has 2 heterocycles. The molecule has 1 aromatic heterocycles. The second-order valence-electron chi connectivity index (χ2n) is 4.37. The minimum absolute atomic E-state index is 0.0669. The number of aromatic carboxylic acids is 1. The van der Waals surface area contributed by atoms with Gasteiger partial charge in [0.1, 0.15) is 0 Å². The van der Waals surface area contributed by atoms with Crippen LogP contribution in [0.15, 0.2) is 18.5 Å². The largest absolute Gasteiger partial charge is 0.478 e. The summed E-state index contributed by atoms with van der Waals surface area (Å²) in [4.78, 5) is 16.7. The Labute approximate surface area is 105 Å². The van der Waals surface area contributed by atoms with Crippen molar-refractivity contribution in [3.63, 3.8) is 0 Å². The zero-order valence-electron chi connectivity index (χ0n) is 9.91. The lowest BCUT2D eigenvalue weighted by Gasteiger charge is -2.26. The summed E-state index contributed by atoms with van der Waals surface area (Å²) in [5.74, 6) is -0.817. The number of rotatable bonds is 3. The van der Waals surface area contributed by atoms with Crippen molar-refractivity contribution in [2.45, 2.75) is 12.5 Å². The maximum Gasteiger partial charge on any atom is 0.337 e. The summed E-state index contributed by atoms with van der Waals surface area (Å²) in [7, 11) is -1.29. The Balaban J connectivity index is 2.30. The molecule has 0 bridgehead atoms. The molecule has 1 aliphatic rings. The van der Waals surface area contributed by atoms with E-state index in [0.29, 0.717) is 12.1 Å². The third-order valence-electron chi connectivity index (χ3n) is 3.17. The van der Waals surface area contributed by atoms with E-state index < -0.39 is 15.8 Å². The molecule has 0 spiro atoms. The highest BCUT2D eigenvalue weighted by Gasteiger charge is 2.32. The lowest BCUT2D eigenvalue weighted by Crippen LogP contribution is -2.33. The average Bonchev–Trinajstić information content (AvgIpc) is 2.68. The Morgan fingerprint density at radius 3 is 2.83 bits per heavy atom. The number of nitrogens with zero attached hydrogens (tertiary/aromatic N) is 2. The smallest absolute Gasteiger partial charge is 0.337 e. The van der Waals surface area contributed by atoms with Crippen LogP contribution < -0.4 is 4.90 Å². The highest BCUT2D eigenvalue weighted by atomic mass is 32.2. The summed E-state index contributed by atoms with van der Waals surface area (Å²) in [6.07, 6.45) is 3.38. The SMILES string of the molecule is CN(c1cnccc1C(=O)O)C1CCS(=O)(=O)C1. The van der Waals surface area contributed by atoms with Crippen LogP contribution in [0.2, 0.25) is 0 Å². The second-order valence-corrected chi connectivity index (χ2v) is 6.59. The van der Waals surface area contributed by atoms with Gasteiger partial charge in [0.25, 0.3) is 0 Å². The summed E-state index contributed by atoms with van der Waals surface area (Å²) < 4.78 is 22.9. The monoisotopic (exact) mass is 270 g/mol. The molecule has 7 heteroatoms. The normalized spacial score (nSPS) is 21.7. The number of anilines is 1. The van der Waals surface area contributed by atoms with Crippen molar-refractivity contribution < 1.29 is 18.3 Å². The first-order chi connectivity index (χ1) is 8.41. The molecule has 2 rings (SSSR count). The van der Waals surface area contributed by atoms with Gasteiger partial charge >= 0.3 is 5.97 Å². The topological polar surface area (TPSA) is 87.6 Å². The predicted octanol–water partition coefficient (Wildman–Crippen LogP) is 0.403. The summed E-state index contributed by atoms with van der Waals surface area (Å²) >= 11 is 0. The fourth-order valence-corrected chi connectivity index (χ4v) is 3.90. The Morgan fingerprint density at radius 1 is 1.56 bits per heavy atom. The van der Waals surface area contributed by atoms with Crippen LogP contribution in [0.25, 0.3) is 0 Å². The molecule has 0 amide bonds. The van der Waals surface area contributed by atoms with E-state index in [1.54, 1.807) is 11.9 Å². The summed E-state index contributed by atoms with van der Waals surface area (Å²) in [6.45, 7) is 0. The molecule has 98 valence electrons. The first-order valence-corrected chi connectivity index (χ1v) is 7.33. The van der Waals surface area contributed by atoms with Gasteiger partial charge in [0.2, 0.25) is 0 Å². The predicted molar refractivity (Wildman–Crippen MR) is 66.7 cm³/mol. The first kappa shape index (κ1) is 12.8. The van der Waals surface area contributed by atoms with Gasteiger partial charge in [-0.05, 0) is 12.5 Å². The molecule has 0 saturated carbocycles. The van der Waals surface area contributed by atoms with Gasteiger partial charge < -0.3 is 10.0 Å². The molecular weight excluding hydrogens is 256 g/mol. The van der Waals surface area contributed by atoms with Crippen molar-refractivity contribution in [1.29, 1.82) is 0 Å². The van der Waals surface area contributed by atoms with Crippen LogP contribution in [0, 0.1) is 0 Å².